The molecule has 0 unspecified atom stereocenters. The minimum absolute atomic E-state index is 0.342. The number of aromatic carboxylic acids is 1. The van der Waals surface area contributed by atoms with E-state index in [0.717, 1.165) is 35.9 Å². The smallest absolute Gasteiger partial charge is 0.335 e. The normalized spacial score (nSPS) is 13.9. The van der Waals surface area contributed by atoms with E-state index in [4.69, 9.17) is 15.9 Å². The van der Waals surface area contributed by atoms with Crippen LogP contribution in [-0.4, -0.2) is 26.8 Å². The van der Waals surface area contributed by atoms with Gasteiger partial charge >= 0.3 is 5.97 Å². The van der Waals surface area contributed by atoms with Gasteiger partial charge < -0.3 is 10.8 Å². The van der Waals surface area contributed by atoms with Crippen molar-refractivity contribution >= 4 is 22.8 Å². The topological polar surface area (TPSA) is 98.2 Å². The number of hydrogen-bond acceptors (Lipinski definition) is 3. The number of carboxylic acid groups (broad SMARTS) is 1. The molecule has 6 nitrogen and oxygen atoms in total. The number of carbonyl (C=O) groups excluding carboxylic acids is 1. The van der Waals surface area contributed by atoms with E-state index in [1.54, 1.807) is 36.4 Å². The van der Waals surface area contributed by atoms with Crippen LogP contribution in [-0.2, 0) is 6.42 Å². The fourth-order valence-electron chi connectivity index (χ4n) is 3.63. The average Bonchev–Trinajstić information content (AvgIpc) is 3.36. The highest BCUT2D eigenvalue weighted by molar-refractivity contribution is 5.94. The molecule has 1 aliphatic rings. The minimum Gasteiger partial charge on any atom is -0.478 e. The minimum atomic E-state index is -0.876. The fraction of sp³-hybridized carbons (Fsp3) is 0.318. The van der Waals surface area contributed by atoms with Crippen molar-refractivity contribution in [2.75, 3.05) is 0 Å². The second-order valence-corrected chi connectivity index (χ2v) is 6.95. The molecule has 0 bridgehead atoms. The SMILES string of the molecule is CCc1nn(C2CCCC2)c2cc(C(=O)O)ccc12.NC(=O)c1ccccc1. The Balaban J connectivity index is 0.000000211. The summed E-state index contributed by atoms with van der Waals surface area (Å²) in [6.07, 6.45) is 5.66. The lowest BCUT2D eigenvalue weighted by atomic mass is 10.1. The van der Waals surface area contributed by atoms with Crippen molar-refractivity contribution in [2.24, 2.45) is 5.73 Å². The van der Waals surface area contributed by atoms with Crippen LogP contribution in [0.1, 0.15) is 65.1 Å². The van der Waals surface area contributed by atoms with Crippen molar-refractivity contribution in [3.05, 3.63) is 65.4 Å². The van der Waals surface area contributed by atoms with E-state index in [-0.39, 0.29) is 5.91 Å². The summed E-state index contributed by atoms with van der Waals surface area (Å²) < 4.78 is 2.06. The van der Waals surface area contributed by atoms with Crippen molar-refractivity contribution in [3.8, 4) is 0 Å². The molecule has 1 aliphatic carbocycles. The Bertz CT molecular complexity index is 973. The molecule has 146 valence electrons. The number of nitrogens with two attached hydrogens (primary N) is 1. The van der Waals surface area contributed by atoms with E-state index in [1.165, 1.54) is 12.8 Å². The summed E-state index contributed by atoms with van der Waals surface area (Å²) >= 11 is 0. The third-order valence-corrected chi connectivity index (χ3v) is 5.09. The number of fused-ring (bicyclic) bond motifs is 1. The van der Waals surface area contributed by atoms with Crippen molar-refractivity contribution in [3.63, 3.8) is 0 Å². The number of nitrogens with zero attached hydrogens (tertiary/aromatic N) is 2. The number of primary amides is 1. The van der Waals surface area contributed by atoms with E-state index in [2.05, 4.69) is 11.6 Å². The molecular weight excluding hydrogens is 354 g/mol. The van der Waals surface area contributed by atoms with E-state index in [9.17, 15) is 9.59 Å². The predicted octanol–water partition coefficient (Wildman–Crippen LogP) is 4.20. The molecule has 28 heavy (non-hydrogen) atoms. The summed E-state index contributed by atoms with van der Waals surface area (Å²) in [5, 5.41) is 14.9. The van der Waals surface area contributed by atoms with Crippen molar-refractivity contribution in [1.82, 2.24) is 9.78 Å². The summed E-state index contributed by atoms with van der Waals surface area (Å²) in [6, 6.07) is 14.5. The number of rotatable bonds is 4. The van der Waals surface area contributed by atoms with Gasteiger partial charge in [-0.15, -0.1) is 0 Å². The summed E-state index contributed by atoms with van der Waals surface area (Å²) in [6.45, 7) is 2.09. The first-order chi connectivity index (χ1) is 13.5. The van der Waals surface area contributed by atoms with Gasteiger partial charge in [0.2, 0.25) is 5.91 Å². The van der Waals surface area contributed by atoms with E-state index in [0.29, 0.717) is 17.2 Å². The third kappa shape index (κ3) is 4.22. The number of carboxylic acids is 1. The molecule has 0 atom stereocenters. The monoisotopic (exact) mass is 379 g/mol. The van der Waals surface area contributed by atoms with Gasteiger partial charge in [0.1, 0.15) is 0 Å². The van der Waals surface area contributed by atoms with Crippen LogP contribution in [0, 0.1) is 0 Å². The maximum absolute atomic E-state index is 11.1. The van der Waals surface area contributed by atoms with E-state index in [1.807, 2.05) is 12.1 Å². The maximum atomic E-state index is 11.1. The Morgan fingerprint density at radius 2 is 1.79 bits per heavy atom. The summed E-state index contributed by atoms with van der Waals surface area (Å²) in [7, 11) is 0. The number of benzene rings is 2. The van der Waals surface area contributed by atoms with Crippen LogP contribution in [0.5, 0.6) is 0 Å². The first kappa shape index (κ1) is 19.6. The highest BCUT2D eigenvalue weighted by Crippen LogP contribution is 2.33. The molecule has 0 saturated heterocycles. The number of amides is 1. The molecule has 3 N–H and O–H groups in total. The van der Waals surface area contributed by atoms with Crippen LogP contribution in [0.4, 0.5) is 0 Å². The number of aromatic nitrogens is 2. The molecule has 1 fully saturated rings. The number of carbonyl (C=O) groups is 2. The van der Waals surface area contributed by atoms with Gasteiger partial charge in [-0.2, -0.15) is 5.10 Å². The highest BCUT2D eigenvalue weighted by atomic mass is 16.4. The summed E-state index contributed by atoms with van der Waals surface area (Å²) in [5.74, 6) is -1.25. The largest absolute Gasteiger partial charge is 0.478 e. The zero-order valence-electron chi connectivity index (χ0n) is 16.0. The van der Waals surface area contributed by atoms with Gasteiger partial charge in [0, 0.05) is 10.9 Å². The zero-order valence-corrected chi connectivity index (χ0v) is 16.0. The van der Waals surface area contributed by atoms with Crippen LogP contribution in [0.15, 0.2) is 48.5 Å². The number of hydrogen-bond donors (Lipinski definition) is 2. The molecule has 4 rings (SSSR count). The van der Waals surface area contributed by atoms with Crippen LogP contribution < -0.4 is 5.73 Å². The molecular formula is C22H25N3O3. The highest BCUT2D eigenvalue weighted by Gasteiger charge is 2.21. The molecule has 1 amide bonds. The van der Waals surface area contributed by atoms with Gasteiger partial charge in [-0.3, -0.25) is 9.48 Å². The Morgan fingerprint density at radius 3 is 2.32 bits per heavy atom. The van der Waals surface area contributed by atoms with Gasteiger partial charge in [0.25, 0.3) is 0 Å². The molecule has 0 spiro atoms. The second kappa shape index (κ2) is 8.69. The van der Waals surface area contributed by atoms with Gasteiger partial charge in [0.05, 0.1) is 22.8 Å². The Hall–Kier alpha value is -3.15. The molecule has 6 heteroatoms. The first-order valence-electron chi connectivity index (χ1n) is 9.60. The number of aryl methyl sites for hydroxylation is 1. The second-order valence-electron chi connectivity index (χ2n) is 6.95. The van der Waals surface area contributed by atoms with Crippen molar-refractivity contribution in [2.45, 2.75) is 45.1 Å². The lowest BCUT2D eigenvalue weighted by Gasteiger charge is -2.11. The molecule has 1 aromatic heterocycles. The van der Waals surface area contributed by atoms with Crippen LogP contribution in [0.25, 0.3) is 10.9 Å². The Morgan fingerprint density at radius 1 is 1.11 bits per heavy atom. The molecule has 2 aromatic carbocycles. The van der Waals surface area contributed by atoms with Gasteiger partial charge in [-0.25, -0.2) is 4.79 Å². The average molecular weight is 379 g/mol. The standard InChI is InChI=1S/C15H18N2O2.C7H7NO/c1-2-13-12-8-7-10(15(18)19)9-14(12)17(16-13)11-5-3-4-6-11;8-7(9)6-4-2-1-3-5-6/h7-9,11H,2-6H2,1H3,(H,18,19);1-5H,(H2,8,9). The zero-order chi connectivity index (χ0) is 20.1. The molecule has 1 heterocycles. The van der Waals surface area contributed by atoms with E-state index >= 15 is 0 Å². The predicted molar refractivity (Wildman–Crippen MR) is 109 cm³/mol. The Labute approximate surface area is 164 Å². The summed E-state index contributed by atoms with van der Waals surface area (Å²) in [5.41, 5.74) is 7.91. The molecule has 1 saturated carbocycles. The van der Waals surface area contributed by atoms with Gasteiger partial charge in [0.15, 0.2) is 0 Å². The van der Waals surface area contributed by atoms with Crippen molar-refractivity contribution in [1.29, 1.82) is 0 Å². The van der Waals surface area contributed by atoms with Crippen LogP contribution in [0.2, 0.25) is 0 Å². The first-order valence-corrected chi connectivity index (χ1v) is 9.60. The van der Waals surface area contributed by atoms with Crippen LogP contribution in [0.3, 0.4) is 0 Å². The van der Waals surface area contributed by atoms with Crippen LogP contribution >= 0.6 is 0 Å². The summed E-state index contributed by atoms with van der Waals surface area (Å²) in [4.78, 5) is 21.5. The molecule has 0 radical (unpaired) electrons. The quantitative estimate of drug-likeness (QED) is 0.710. The third-order valence-electron chi connectivity index (χ3n) is 5.09. The van der Waals surface area contributed by atoms with E-state index < -0.39 is 5.97 Å². The van der Waals surface area contributed by atoms with Gasteiger partial charge in [-0.05, 0) is 43.5 Å². The van der Waals surface area contributed by atoms with Gasteiger partial charge in [-0.1, -0.05) is 44.0 Å². The Kier molecular flexibility index (Phi) is 6.09. The lowest BCUT2D eigenvalue weighted by Crippen LogP contribution is -2.09. The molecule has 0 aliphatic heterocycles. The maximum Gasteiger partial charge on any atom is 0.335 e. The molecule has 3 aromatic rings. The van der Waals surface area contributed by atoms with Crippen molar-refractivity contribution < 1.29 is 14.7 Å². The lowest BCUT2D eigenvalue weighted by molar-refractivity contribution is 0.0696. The fourth-order valence-corrected chi connectivity index (χ4v) is 3.63.